The van der Waals surface area contributed by atoms with E-state index in [0.717, 1.165) is 5.56 Å². The van der Waals surface area contributed by atoms with Gasteiger partial charge in [0.1, 0.15) is 5.75 Å². The van der Waals surface area contributed by atoms with E-state index in [2.05, 4.69) is 10.6 Å². The highest BCUT2D eigenvalue weighted by molar-refractivity contribution is 7.07. The van der Waals surface area contributed by atoms with E-state index in [0.29, 0.717) is 22.9 Å². The minimum atomic E-state index is -0.833. The van der Waals surface area contributed by atoms with Crippen molar-refractivity contribution in [3.63, 3.8) is 0 Å². The number of anilines is 1. The average molecular weight is 369 g/mol. The molecule has 1 unspecified atom stereocenters. The zero-order valence-corrected chi connectivity index (χ0v) is 14.5. The van der Waals surface area contributed by atoms with E-state index in [-0.39, 0.29) is 6.54 Å². The Labute approximate surface area is 148 Å². The summed E-state index contributed by atoms with van der Waals surface area (Å²) in [7, 11) is 1.45. The largest absolute Gasteiger partial charge is 0.495 e. The molecule has 8 heteroatoms. The van der Waals surface area contributed by atoms with Crippen LogP contribution in [0.3, 0.4) is 0 Å². The Hall–Kier alpha value is -2.09. The molecular formula is C16H17ClN2O4S. The first-order valence-corrected chi connectivity index (χ1v) is 8.46. The van der Waals surface area contributed by atoms with Crippen molar-refractivity contribution in [1.29, 1.82) is 0 Å². The zero-order chi connectivity index (χ0) is 17.5. The minimum Gasteiger partial charge on any atom is -0.495 e. The number of nitrogens with one attached hydrogen (secondary N) is 2. The van der Waals surface area contributed by atoms with Crippen molar-refractivity contribution >= 4 is 40.4 Å². The topological polar surface area (TPSA) is 87.7 Å². The van der Waals surface area contributed by atoms with Gasteiger partial charge >= 0.3 is 11.8 Å². The molecule has 3 N–H and O–H groups in total. The molecule has 24 heavy (non-hydrogen) atoms. The smallest absolute Gasteiger partial charge is 0.313 e. The van der Waals surface area contributed by atoms with E-state index in [9.17, 15) is 14.7 Å². The number of aliphatic hydroxyl groups excluding tert-OH is 1. The van der Waals surface area contributed by atoms with Crippen LogP contribution in [0.4, 0.5) is 5.69 Å². The number of methoxy groups -OCH3 is 1. The summed E-state index contributed by atoms with van der Waals surface area (Å²) in [5.41, 5.74) is 1.10. The highest BCUT2D eigenvalue weighted by Gasteiger charge is 2.16. The minimum absolute atomic E-state index is 0.177. The molecule has 6 nitrogen and oxygen atoms in total. The van der Waals surface area contributed by atoms with Crippen LogP contribution in [0.1, 0.15) is 18.1 Å². The second-order valence-electron chi connectivity index (χ2n) is 4.92. The Balaban J connectivity index is 1.84. The second-order valence-corrected chi connectivity index (χ2v) is 6.13. The fraction of sp³-hybridized carbons (Fsp3) is 0.250. The molecule has 0 radical (unpaired) electrons. The summed E-state index contributed by atoms with van der Waals surface area (Å²) in [6.07, 6.45) is -0.358. The molecule has 2 amide bonds. The van der Waals surface area contributed by atoms with Gasteiger partial charge in [0, 0.05) is 11.6 Å². The molecule has 1 atom stereocenters. The number of hydrogen-bond acceptors (Lipinski definition) is 5. The maximum Gasteiger partial charge on any atom is 0.313 e. The number of rotatable bonds is 6. The maximum atomic E-state index is 11.9. The maximum absolute atomic E-state index is 11.9. The molecule has 1 aromatic carbocycles. The molecule has 0 spiro atoms. The predicted molar refractivity (Wildman–Crippen MR) is 93.5 cm³/mol. The van der Waals surface area contributed by atoms with Crippen molar-refractivity contribution < 1.29 is 19.4 Å². The van der Waals surface area contributed by atoms with Gasteiger partial charge in [0.05, 0.1) is 18.9 Å². The lowest BCUT2D eigenvalue weighted by Gasteiger charge is -2.12. The van der Waals surface area contributed by atoms with Crippen molar-refractivity contribution in [2.45, 2.75) is 12.5 Å². The van der Waals surface area contributed by atoms with Crippen molar-refractivity contribution in [3.8, 4) is 5.75 Å². The van der Waals surface area contributed by atoms with Crippen LogP contribution in [0.15, 0.2) is 35.0 Å². The number of aliphatic hydroxyl groups is 1. The van der Waals surface area contributed by atoms with Gasteiger partial charge in [0.15, 0.2) is 0 Å². The molecule has 2 aromatic rings. The van der Waals surface area contributed by atoms with E-state index < -0.39 is 17.9 Å². The number of carbonyl (C=O) groups is 2. The quantitative estimate of drug-likeness (QED) is 0.684. The molecule has 0 fully saturated rings. The molecule has 1 heterocycles. The van der Waals surface area contributed by atoms with Crippen molar-refractivity contribution in [2.75, 3.05) is 19.0 Å². The highest BCUT2D eigenvalue weighted by Crippen LogP contribution is 2.27. The van der Waals surface area contributed by atoms with Gasteiger partial charge in [-0.1, -0.05) is 11.6 Å². The predicted octanol–water partition coefficient (Wildman–Crippen LogP) is 2.59. The van der Waals surface area contributed by atoms with Crippen LogP contribution in [-0.4, -0.2) is 30.6 Å². The van der Waals surface area contributed by atoms with Crippen LogP contribution in [0.25, 0.3) is 0 Å². The zero-order valence-electron chi connectivity index (χ0n) is 12.9. The van der Waals surface area contributed by atoms with Crippen LogP contribution < -0.4 is 15.4 Å². The van der Waals surface area contributed by atoms with Crippen LogP contribution in [0.5, 0.6) is 5.75 Å². The monoisotopic (exact) mass is 368 g/mol. The van der Waals surface area contributed by atoms with E-state index >= 15 is 0 Å². The molecule has 1 aromatic heterocycles. The van der Waals surface area contributed by atoms with Gasteiger partial charge in [0.25, 0.3) is 0 Å². The van der Waals surface area contributed by atoms with Gasteiger partial charge in [-0.15, -0.1) is 0 Å². The third-order valence-electron chi connectivity index (χ3n) is 3.25. The van der Waals surface area contributed by atoms with Crippen LogP contribution in [0, 0.1) is 0 Å². The molecule has 128 valence electrons. The molecule has 0 saturated carbocycles. The first-order chi connectivity index (χ1) is 11.5. The van der Waals surface area contributed by atoms with Gasteiger partial charge in [-0.3, -0.25) is 9.59 Å². The lowest BCUT2D eigenvalue weighted by atomic mass is 10.1. The Kier molecular flexibility index (Phi) is 6.60. The third-order valence-corrected chi connectivity index (χ3v) is 4.18. The average Bonchev–Trinajstić information content (AvgIpc) is 3.09. The van der Waals surface area contributed by atoms with Crippen LogP contribution >= 0.6 is 22.9 Å². The lowest BCUT2D eigenvalue weighted by Crippen LogP contribution is -2.36. The fourth-order valence-corrected chi connectivity index (χ4v) is 2.87. The van der Waals surface area contributed by atoms with Gasteiger partial charge < -0.3 is 20.5 Å². The van der Waals surface area contributed by atoms with E-state index in [1.54, 1.807) is 12.1 Å². The molecule has 2 rings (SSSR count). The summed E-state index contributed by atoms with van der Waals surface area (Å²) in [5.74, 6) is -1.23. The molecule has 0 bridgehead atoms. The number of ether oxygens (including phenoxy) is 1. The van der Waals surface area contributed by atoms with Gasteiger partial charge in [-0.25, -0.2) is 0 Å². The summed E-state index contributed by atoms with van der Waals surface area (Å²) in [6, 6.07) is 6.51. The number of halogens is 1. The summed E-state index contributed by atoms with van der Waals surface area (Å²) in [6.45, 7) is 0.177. The Morgan fingerprint density at radius 3 is 2.79 bits per heavy atom. The van der Waals surface area contributed by atoms with Crippen LogP contribution in [-0.2, 0) is 9.59 Å². The number of benzene rings is 1. The van der Waals surface area contributed by atoms with Crippen LogP contribution in [0.2, 0.25) is 5.02 Å². The first kappa shape index (κ1) is 18.3. The SMILES string of the molecule is COc1ccc(Cl)cc1NC(=O)C(=O)NCCC(O)c1ccsc1. The molecule has 0 aliphatic rings. The second kappa shape index (κ2) is 8.68. The van der Waals surface area contributed by atoms with Gasteiger partial charge in [-0.05, 0) is 47.0 Å². The Bertz CT molecular complexity index is 706. The summed E-state index contributed by atoms with van der Waals surface area (Å²) < 4.78 is 5.10. The lowest BCUT2D eigenvalue weighted by molar-refractivity contribution is -0.136. The van der Waals surface area contributed by atoms with Gasteiger partial charge in [-0.2, -0.15) is 11.3 Å². The summed E-state index contributed by atoms with van der Waals surface area (Å²) in [4.78, 5) is 23.7. The third kappa shape index (κ3) is 4.95. The van der Waals surface area contributed by atoms with E-state index in [1.807, 2.05) is 16.8 Å². The Morgan fingerprint density at radius 2 is 2.12 bits per heavy atom. The van der Waals surface area contributed by atoms with Crippen molar-refractivity contribution in [3.05, 3.63) is 45.6 Å². The number of carbonyl (C=O) groups excluding carboxylic acids is 2. The molecular weight excluding hydrogens is 352 g/mol. The van der Waals surface area contributed by atoms with Crippen molar-refractivity contribution in [1.82, 2.24) is 5.32 Å². The number of amides is 2. The standard InChI is InChI=1S/C16H17ClN2O4S/c1-23-14-3-2-11(17)8-12(14)19-16(22)15(21)18-6-4-13(20)10-5-7-24-9-10/h2-3,5,7-9,13,20H,4,6H2,1H3,(H,18,21)(H,19,22). The normalized spacial score (nSPS) is 11.6. The number of hydrogen-bond donors (Lipinski definition) is 3. The molecule has 0 saturated heterocycles. The van der Waals surface area contributed by atoms with E-state index in [1.165, 1.54) is 24.5 Å². The fourth-order valence-electron chi connectivity index (χ4n) is 1.99. The van der Waals surface area contributed by atoms with E-state index in [4.69, 9.17) is 16.3 Å². The van der Waals surface area contributed by atoms with Gasteiger partial charge in [0.2, 0.25) is 0 Å². The highest BCUT2D eigenvalue weighted by atomic mass is 35.5. The summed E-state index contributed by atoms with van der Waals surface area (Å²) in [5, 5.41) is 18.9. The molecule has 0 aliphatic heterocycles. The van der Waals surface area contributed by atoms with Crippen molar-refractivity contribution in [2.24, 2.45) is 0 Å². The summed E-state index contributed by atoms with van der Waals surface area (Å²) >= 11 is 7.35. The number of thiophene rings is 1. The Morgan fingerprint density at radius 1 is 1.33 bits per heavy atom. The molecule has 0 aliphatic carbocycles. The first-order valence-electron chi connectivity index (χ1n) is 7.14.